The lowest BCUT2D eigenvalue weighted by atomic mass is 10.0. The molecule has 0 saturated carbocycles. The summed E-state index contributed by atoms with van der Waals surface area (Å²) in [6.45, 7) is 4.48. The summed E-state index contributed by atoms with van der Waals surface area (Å²) in [5.74, 6) is -1.72. The minimum Gasteiger partial charge on any atom is -0.352 e. The largest absolute Gasteiger partial charge is 0.352 e. The van der Waals surface area contributed by atoms with Crippen molar-refractivity contribution in [1.82, 2.24) is 10.2 Å². The van der Waals surface area contributed by atoms with Crippen molar-refractivity contribution >= 4 is 33.3 Å². The van der Waals surface area contributed by atoms with Gasteiger partial charge in [-0.1, -0.05) is 61.5 Å². The van der Waals surface area contributed by atoms with Crippen molar-refractivity contribution < 1.29 is 27.2 Å². The second-order valence-corrected chi connectivity index (χ2v) is 12.0. The summed E-state index contributed by atoms with van der Waals surface area (Å²) in [6, 6.07) is 19.6. The smallest absolute Gasteiger partial charge is 0.244 e. The molecule has 0 unspecified atom stereocenters. The van der Waals surface area contributed by atoms with Gasteiger partial charge in [-0.05, 0) is 55.7 Å². The fourth-order valence-electron chi connectivity index (χ4n) is 4.28. The van der Waals surface area contributed by atoms with Crippen molar-refractivity contribution in [1.29, 1.82) is 0 Å². The molecule has 0 aliphatic heterocycles. The second kappa shape index (κ2) is 14.0. The van der Waals surface area contributed by atoms with Crippen LogP contribution in [0.2, 0.25) is 0 Å². The van der Waals surface area contributed by atoms with E-state index in [9.17, 15) is 27.2 Å². The van der Waals surface area contributed by atoms with Gasteiger partial charge < -0.3 is 10.2 Å². The van der Waals surface area contributed by atoms with E-state index in [4.69, 9.17) is 0 Å². The van der Waals surface area contributed by atoms with E-state index in [2.05, 4.69) is 5.32 Å². The van der Waals surface area contributed by atoms with E-state index in [1.807, 2.05) is 44.2 Å². The van der Waals surface area contributed by atoms with Gasteiger partial charge in [-0.25, -0.2) is 12.8 Å². The van der Waals surface area contributed by atoms with Gasteiger partial charge in [-0.2, -0.15) is 0 Å². The predicted octanol–water partition coefficient (Wildman–Crippen LogP) is 4.35. The molecule has 0 aliphatic carbocycles. The Bertz CT molecular complexity index is 1460. The van der Waals surface area contributed by atoms with Crippen LogP contribution in [0.5, 0.6) is 0 Å². The Kier molecular flexibility index (Phi) is 10.8. The van der Waals surface area contributed by atoms with Crippen LogP contribution in [-0.4, -0.2) is 55.8 Å². The molecule has 10 heteroatoms. The zero-order valence-electron chi connectivity index (χ0n) is 23.7. The molecule has 2 atom stereocenters. The summed E-state index contributed by atoms with van der Waals surface area (Å²) in [7, 11) is -3.97. The van der Waals surface area contributed by atoms with E-state index in [1.54, 1.807) is 12.1 Å². The lowest BCUT2D eigenvalue weighted by Crippen LogP contribution is -2.54. The normalized spacial score (nSPS) is 12.7. The van der Waals surface area contributed by atoms with Crippen molar-refractivity contribution in [2.24, 2.45) is 0 Å². The van der Waals surface area contributed by atoms with Gasteiger partial charge in [0.1, 0.15) is 18.4 Å². The Morgan fingerprint density at radius 3 is 2.17 bits per heavy atom. The van der Waals surface area contributed by atoms with Gasteiger partial charge in [0, 0.05) is 24.6 Å². The van der Waals surface area contributed by atoms with Crippen LogP contribution in [0.25, 0.3) is 0 Å². The first-order chi connectivity index (χ1) is 19.4. The summed E-state index contributed by atoms with van der Waals surface area (Å²) >= 11 is 0. The molecule has 2 amide bonds. The molecule has 8 nitrogen and oxygen atoms in total. The van der Waals surface area contributed by atoms with Crippen molar-refractivity contribution in [3.8, 4) is 0 Å². The topological polar surface area (TPSA) is 104 Å². The summed E-state index contributed by atoms with van der Waals surface area (Å²) in [6.07, 6.45) is 1.82. The van der Waals surface area contributed by atoms with Crippen molar-refractivity contribution in [3.05, 3.63) is 101 Å². The van der Waals surface area contributed by atoms with Crippen molar-refractivity contribution in [2.75, 3.05) is 17.1 Å². The molecule has 0 aliphatic rings. The third kappa shape index (κ3) is 8.97. The number of benzene rings is 3. The number of sulfonamides is 1. The number of halogens is 1. The van der Waals surface area contributed by atoms with Crippen LogP contribution < -0.4 is 9.62 Å². The molecule has 1 N–H and O–H groups in total. The zero-order valence-corrected chi connectivity index (χ0v) is 24.5. The van der Waals surface area contributed by atoms with Crippen LogP contribution in [0.1, 0.15) is 48.7 Å². The van der Waals surface area contributed by atoms with E-state index in [0.29, 0.717) is 17.5 Å². The number of hydrogen-bond donors (Lipinski definition) is 1. The third-order valence-electron chi connectivity index (χ3n) is 6.76. The fraction of sp³-hybridized carbons (Fsp3) is 0.323. The highest BCUT2D eigenvalue weighted by Gasteiger charge is 2.33. The third-order valence-corrected chi connectivity index (χ3v) is 7.90. The van der Waals surface area contributed by atoms with Gasteiger partial charge in [-0.15, -0.1) is 0 Å². The van der Waals surface area contributed by atoms with Crippen molar-refractivity contribution in [2.45, 2.75) is 52.2 Å². The number of nitrogens with zero attached hydrogens (tertiary/aromatic N) is 2. The molecule has 0 fully saturated rings. The highest BCUT2D eigenvalue weighted by Crippen LogP contribution is 2.22. The molecular weight excluding hydrogens is 545 g/mol. The van der Waals surface area contributed by atoms with Gasteiger partial charge in [-0.3, -0.25) is 18.7 Å². The molecule has 218 valence electrons. The maximum absolute atomic E-state index is 14.1. The molecule has 41 heavy (non-hydrogen) atoms. The lowest BCUT2D eigenvalue weighted by molar-refractivity contribution is -0.140. The first-order valence-electron chi connectivity index (χ1n) is 13.4. The number of rotatable bonds is 13. The minimum atomic E-state index is -3.97. The second-order valence-electron chi connectivity index (χ2n) is 10.0. The lowest BCUT2D eigenvalue weighted by Gasteiger charge is -2.34. The van der Waals surface area contributed by atoms with Crippen molar-refractivity contribution in [3.63, 3.8) is 0 Å². The number of hydrogen-bond acceptors (Lipinski definition) is 5. The molecule has 3 aromatic carbocycles. The molecule has 3 rings (SSSR count). The minimum absolute atomic E-state index is 0.0599. The van der Waals surface area contributed by atoms with Crippen LogP contribution in [0.3, 0.4) is 0 Å². The van der Waals surface area contributed by atoms with E-state index < -0.39 is 34.3 Å². The Labute approximate surface area is 241 Å². The van der Waals surface area contributed by atoms with E-state index in [-0.39, 0.29) is 36.4 Å². The van der Waals surface area contributed by atoms with E-state index >= 15 is 0 Å². The van der Waals surface area contributed by atoms with Gasteiger partial charge in [0.05, 0.1) is 11.9 Å². The standard InChI is InChI=1S/C31H36FN3O5S/c1-5-22(2)33-31(38)29(18-24-10-7-6-8-11-24)34(20-25-14-16-27(32)17-15-25)30(37)21-35(41(4,39)40)28-13-9-12-26(19-28)23(3)36/h6-17,19,22,29H,5,18,20-21H2,1-4H3,(H,33,38)/t22-,29-/m0/s1. The molecule has 3 aromatic rings. The Hall–Kier alpha value is -4.05. The first kappa shape index (κ1) is 31.5. The number of amides is 2. The fourth-order valence-corrected chi connectivity index (χ4v) is 5.12. The van der Waals surface area contributed by atoms with Crippen LogP contribution in [-0.2, 0) is 32.6 Å². The van der Waals surface area contributed by atoms with Crippen LogP contribution in [0.15, 0.2) is 78.9 Å². The Balaban J connectivity index is 2.07. The van der Waals surface area contributed by atoms with Crippen LogP contribution >= 0.6 is 0 Å². The molecule has 0 saturated heterocycles. The number of carbonyl (C=O) groups is 3. The van der Waals surface area contributed by atoms with Gasteiger partial charge in [0.2, 0.25) is 21.8 Å². The molecule has 0 heterocycles. The predicted molar refractivity (Wildman–Crippen MR) is 157 cm³/mol. The summed E-state index contributed by atoms with van der Waals surface area (Å²) in [4.78, 5) is 41.0. The number of nitrogens with one attached hydrogen (secondary N) is 1. The highest BCUT2D eigenvalue weighted by atomic mass is 32.2. The van der Waals surface area contributed by atoms with E-state index in [0.717, 1.165) is 16.1 Å². The molecule has 0 bridgehead atoms. The average molecular weight is 582 g/mol. The van der Waals surface area contributed by atoms with Gasteiger partial charge >= 0.3 is 0 Å². The molecule has 0 spiro atoms. The SMILES string of the molecule is CC[C@H](C)NC(=O)[C@H](Cc1ccccc1)N(Cc1ccc(F)cc1)C(=O)CN(c1cccc(C(C)=O)c1)S(C)(=O)=O. The number of anilines is 1. The van der Waals surface area contributed by atoms with Gasteiger partial charge in [0.25, 0.3) is 0 Å². The highest BCUT2D eigenvalue weighted by molar-refractivity contribution is 7.92. The molecule has 0 radical (unpaired) electrons. The Morgan fingerprint density at radius 2 is 1.59 bits per heavy atom. The van der Waals surface area contributed by atoms with Gasteiger partial charge in [0.15, 0.2) is 5.78 Å². The number of carbonyl (C=O) groups excluding carboxylic acids is 3. The summed E-state index contributed by atoms with van der Waals surface area (Å²) in [5.41, 5.74) is 1.82. The average Bonchev–Trinajstić information content (AvgIpc) is 2.94. The van der Waals surface area contributed by atoms with E-state index in [1.165, 1.54) is 48.2 Å². The maximum Gasteiger partial charge on any atom is 0.244 e. The maximum atomic E-state index is 14.1. The van der Waals surface area contributed by atoms with Crippen LogP contribution in [0.4, 0.5) is 10.1 Å². The first-order valence-corrected chi connectivity index (χ1v) is 15.2. The molecule has 0 aromatic heterocycles. The summed E-state index contributed by atoms with van der Waals surface area (Å²) in [5, 5.41) is 2.95. The number of ketones is 1. The number of Topliss-reactive ketones (excluding diaryl/α,β-unsaturated/α-hetero) is 1. The molecular formula is C31H36FN3O5S. The van der Waals surface area contributed by atoms with Crippen LogP contribution in [0, 0.1) is 5.82 Å². The monoisotopic (exact) mass is 581 g/mol. The zero-order chi connectivity index (χ0) is 30.2. The Morgan fingerprint density at radius 1 is 0.927 bits per heavy atom. The quantitative estimate of drug-likeness (QED) is 0.303. The summed E-state index contributed by atoms with van der Waals surface area (Å²) < 4.78 is 40.4.